The number of likely N-dealkylation sites (N-methyl/N-ethyl adjacent to an activating group) is 1. The van der Waals surface area contributed by atoms with Crippen molar-refractivity contribution in [2.75, 3.05) is 12.8 Å². The smallest absolute Gasteiger partial charge is 0.227 e. The van der Waals surface area contributed by atoms with Gasteiger partial charge in [0.25, 0.3) is 0 Å². The highest BCUT2D eigenvalue weighted by atomic mass is 19.1. The van der Waals surface area contributed by atoms with Gasteiger partial charge in [-0.2, -0.15) is 0 Å². The summed E-state index contributed by atoms with van der Waals surface area (Å²) in [6.07, 6.45) is -0.116. The minimum atomic E-state index is -0.712. The Kier molecular flexibility index (Phi) is 4.52. The van der Waals surface area contributed by atoms with E-state index >= 15 is 0 Å². The summed E-state index contributed by atoms with van der Waals surface area (Å²) in [5, 5.41) is 0. The number of hydrogen-bond donors (Lipinski definition) is 1. The Bertz CT molecular complexity index is 658. The van der Waals surface area contributed by atoms with Crippen molar-refractivity contribution >= 4 is 11.6 Å². The largest absolute Gasteiger partial charge is 0.398 e. The lowest BCUT2D eigenvalue weighted by molar-refractivity contribution is -0.129. The summed E-state index contributed by atoms with van der Waals surface area (Å²) in [4.78, 5) is 13.6. The lowest BCUT2D eigenvalue weighted by Gasteiger charge is -2.18. The fourth-order valence-corrected chi connectivity index (χ4v) is 1.98. The molecular formula is C16H16F2N2O. The first-order chi connectivity index (χ1) is 9.97. The third-order valence-corrected chi connectivity index (χ3v) is 3.25. The topological polar surface area (TPSA) is 46.3 Å². The van der Waals surface area contributed by atoms with E-state index < -0.39 is 11.6 Å². The Morgan fingerprint density at radius 2 is 1.86 bits per heavy atom. The molecular weight excluding hydrogens is 274 g/mol. The number of nitrogen functional groups attached to an aromatic ring is 1. The van der Waals surface area contributed by atoms with Crippen LogP contribution in [0.25, 0.3) is 0 Å². The maximum absolute atomic E-state index is 13.5. The van der Waals surface area contributed by atoms with Crippen LogP contribution in [0, 0.1) is 11.6 Å². The predicted octanol–water partition coefficient (Wildman–Crippen LogP) is 2.75. The van der Waals surface area contributed by atoms with Crippen molar-refractivity contribution in [3.63, 3.8) is 0 Å². The van der Waals surface area contributed by atoms with Crippen molar-refractivity contribution in [2.24, 2.45) is 0 Å². The van der Waals surface area contributed by atoms with Crippen LogP contribution in [-0.2, 0) is 17.8 Å². The lowest BCUT2D eigenvalue weighted by Crippen LogP contribution is -2.28. The molecule has 0 aromatic heterocycles. The maximum atomic E-state index is 13.5. The molecule has 0 bridgehead atoms. The van der Waals surface area contributed by atoms with Gasteiger partial charge in [0.15, 0.2) is 0 Å². The molecule has 3 nitrogen and oxygen atoms in total. The van der Waals surface area contributed by atoms with E-state index in [1.807, 2.05) is 18.2 Å². The zero-order valence-electron chi connectivity index (χ0n) is 11.6. The highest BCUT2D eigenvalue weighted by molar-refractivity contribution is 5.78. The summed E-state index contributed by atoms with van der Waals surface area (Å²) in [6.45, 7) is 0.342. The van der Waals surface area contributed by atoms with E-state index in [0.29, 0.717) is 12.2 Å². The molecule has 2 aromatic rings. The van der Waals surface area contributed by atoms with Crippen LogP contribution in [0.1, 0.15) is 11.1 Å². The van der Waals surface area contributed by atoms with Crippen molar-refractivity contribution < 1.29 is 13.6 Å². The molecule has 0 atom stereocenters. The Morgan fingerprint density at radius 1 is 1.14 bits per heavy atom. The Balaban J connectivity index is 2.04. The second-order valence-corrected chi connectivity index (χ2v) is 4.86. The molecule has 0 aliphatic rings. The van der Waals surface area contributed by atoms with Crippen molar-refractivity contribution in [1.29, 1.82) is 0 Å². The number of amides is 1. The minimum absolute atomic E-state index is 0.116. The van der Waals surface area contributed by atoms with E-state index in [-0.39, 0.29) is 17.9 Å². The highest BCUT2D eigenvalue weighted by Crippen LogP contribution is 2.15. The van der Waals surface area contributed by atoms with Crippen LogP contribution in [0.3, 0.4) is 0 Å². The molecule has 5 heteroatoms. The van der Waals surface area contributed by atoms with Gasteiger partial charge in [-0.05, 0) is 23.3 Å². The zero-order valence-corrected chi connectivity index (χ0v) is 11.6. The van der Waals surface area contributed by atoms with Crippen LogP contribution in [0.2, 0.25) is 0 Å². The van der Waals surface area contributed by atoms with Gasteiger partial charge in [-0.3, -0.25) is 4.79 Å². The molecule has 0 aliphatic heterocycles. The number of halogens is 2. The predicted molar refractivity (Wildman–Crippen MR) is 77.4 cm³/mol. The van der Waals surface area contributed by atoms with E-state index in [1.54, 1.807) is 13.1 Å². The van der Waals surface area contributed by atoms with Gasteiger partial charge in [-0.15, -0.1) is 0 Å². The molecule has 110 valence electrons. The molecule has 0 radical (unpaired) electrons. The number of nitrogens with zero attached hydrogens (tertiary/aromatic N) is 1. The molecule has 0 spiro atoms. The van der Waals surface area contributed by atoms with Crippen LogP contribution < -0.4 is 5.73 Å². The number of anilines is 1. The van der Waals surface area contributed by atoms with Crippen LogP contribution in [-0.4, -0.2) is 17.9 Å². The van der Waals surface area contributed by atoms with Crippen LogP contribution in [0.15, 0.2) is 42.5 Å². The average Bonchev–Trinajstić information content (AvgIpc) is 2.44. The summed E-state index contributed by atoms with van der Waals surface area (Å²) in [6, 6.07) is 10.4. The lowest BCUT2D eigenvalue weighted by atomic mass is 10.1. The fourth-order valence-electron chi connectivity index (χ4n) is 1.98. The van der Waals surface area contributed by atoms with Gasteiger partial charge < -0.3 is 10.6 Å². The normalized spacial score (nSPS) is 10.4. The molecule has 2 aromatic carbocycles. The number of para-hydroxylation sites is 1. The molecule has 2 N–H and O–H groups in total. The quantitative estimate of drug-likeness (QED) is 0.880. The molecule has 0 saturated heterocycles. The highest BCUT2D eigenvalue weighted by Gasteiger charge is 2.14. The van der Waals surface area contributed by atoms with Crippen molar-refractivity contribution in [2.45, 2.75) is 13.0 Å². The third-order valence-electron chi connectivity index (χ3n) is 3.25. The van der Waals surface area contributed by atoms with E-state index in [9.17, 15) is 13.6 Å². The Morgan fingerprint density at radius 3 is 2.52 bits per heavy atom. The van der Waals surface area contributed by atoms with E-state index in [1.165, 1.54) is 11.0 Å². The van der Waals surface area contributed by atoms with Crippen LogP contribution in [0.5, 0.6) is 0 Å². The molecule has 0 unspecified atom stereocenters. The van der Waals surface area contributed by atoms with Crippen LogP contribution in [0.4, 0.5) is 14.5 Å². The molecule has 0 saturated carbocycles. The number of rotatable bonds is 4. The SMILES string of the molecule is CN(Cc1ccccc1N)C(=O)Cc1ccc(F)cc1F. The molecule has 0 fully saturated rings. The summed E-state index contributed by atoms with van der Waals surface area (Å²) >= 11 is 0. The van der Waals surface area contributed by atoms with Crippen molar-refractivity contribution in [3.8, 4) is 0 Å². The van der Waals surface area contributed by atoms with E-state index in [0.717, 1.165) is 17.7 Å². The molecule has 21 heavy (non-hydrogen) atoms. The Labute approximate surface area is 122 Å². The van der Waals surface area contributed by atoms with E-state index in [2.05, 4.69) is 0 Å². The second kappa shape index (κ2) is 6.35. The average molecular weight is 290 g/mol. The van der Waals surface area contributed by atoms with Gasteiger partial charge in [0.2, 0.25) is 5.91 Å². The zero-order chi connectivity index (χ0) is 15.4. The summed E-state index contributed by atoms with van der Waals surface area (Å²) in [7, 11) is 1.62. The van der Waals surface area contributed by atoms with Gasteiger partial charge >= 0.3 is 0 Å². The van der Waals surface area contributed by atoms with Gasteiger partial charge in [0, 0.05) is 25.3 Å². The molecule has 2 rings (SSSR count). The number of hydrogen-bond acceptors (Lipinski definition) is 2. The molecule has 1 amide bonds. The number of benzene rings is 2. The summed E-state index contributed by atoms with van der Waals surface area (Å²) in [5.41, 5.74) is 7.43. The van der Waals surface area contributed by atoms with Gasteiger partial charge in [-0.1, -0.05) is 24.3 Å². The third kappa shape index (κ3) is 3.78. The molecule has 0 aliphatic carbocycles. The van der Waals surface area contributed by atoms with Gasteiger partial charge in [0.05, 0.1) is 6.42 Å². The fraction of sp³-hybridized carbons (Fsp3) is 0.188. The first-order valence-corrected chi connectivity index (χ1v) is 6.48. The summed E-state index contributed by atoms with van der Waals surface area (Å²) < 4.78 is 26.4. The number of carbonyl (C=O) groups excluding carboxylic acids is 1. The van der Waals surface area contributed by atoms with Crippen molar-refractivity contribution in [1.82, 2.24) is 4.90 Å². The van der Waals surface area contributed by atoms with Gasteiger partial charge in [-0.25, -0.2) is 8.78 Å². The Hall–Kier alpha value is -2.43. The van der Waals surface area contributed by atoms with Gasteiger partial charge in [0.1, 0.15) is 11.6 Å². The molecule has 0 heterocycles. The first kappa shape index (κ1) is 15.0. The number of nitrogens with two attached hydrogens (primary N) is 1. The standard InChI is InChI=1S/C16H16F2N2O/c1-20(10-12-4-2-3-5-15(12)19)16(21)8-11-6-7-13(17)9-14(11)18/h2-7,9H,8,10,19H2,1H3. The number of carbonyl (C=O) groups is 1. The monoisotopic (exact) mass is 290 g/mol. The van der Waals surface area contributed by atoms with E-state index in [4.69, 9.17) is 5.73 Å². The maximum Gasteiger partial charge on any atom is 0.227 e. The minimum Gasteiger partial charge on any atom is -0.398 e. The van der Waals surface area contributed by atoms with Crippen LogP contribution >= 0.6 is 0 Å². The summed E-state index contributed by atoms with van der Waals surface area (Å²) in [5.74, 6) is -1.63. The van der Waals surface area contributed by atoms with Crippen molar-refractivity contribution in [3.05, 3.63) is 65.2 Å². The second-order valence-electron chi connectivity index (χ2n) is 4.86. The first-order valence-electron chi connectivity index (χ1n) is 6.48.